The third kappa shape index (κ3) is 4.91. The molecule has 1 aromatic rings. The Labute approximate surface area is 136 Å². The van der Waals surface area contributed by atoms with E-state index in [-0.39, 0.29) is 18.6 Å². The first-order valence-electron chi connectivity index (χ1n) is 7.15. The number of aliphatic imine (C=N–C) groups is 1. The van der Waals surface area contributed by atoms with Crippen molar-refractivity contribution >= 4 is 17.7 Å². The number of hydrogen-bond acceptors (Lipinski definition) is 6. The van der Waals surface area contributed by atoms with E-state index in [9.17, 15) is 4.79 Å². The van der Waals surface area contributed by atoms with Gasteiger partial charge in [-0.15, -0.1) is 0 Å². The second-order valence-corrected chi connectivity index (χ2v) is 4.49. The monoisotopic (exact) mass is 318 g/mol. The third-order valence-electron chi connectivity index (χ3n) is 3.04. The standard InChI is InChI=1S/C16H22N4O3/c1-6-15(21)20(19-17-4)14-10-8-9-12(3)13(14)11-23-16(22-5)18-7-2/h7-10H,2,6,11H2,1,3-5H3/b18-16+,19-17-. The van der Waals surface area contributed by atoms with Crippen LogP contribution in [0, 0.1) is 6.92 Å². The number of aryl methyl sites for hydroxylation is 1. The minimum Gasteiger partial charge on any atom is -0.454 e. The van der Waals surface area contributed by atoms with E-state index in [2.05, 4.69) is 21.9 Å². The van der Waals surface area contributed by atoms with Crippen molar-refractivity contribution in [2.45, 2.75) is 26.9 Å². The van der Waals surface area contributed by atoms with Crippen molar-refractivity contribution in [2.24, 2.45) is 15.3 Å². The van der Waals surface area contributed by atoms with Gasteiger partial charge in [0, 0.05) is 18.2 Å². The van der Waals surface area contributed by atoms with Crippen LogP contribution in [0.4, 0.5) is 5.69 Å². The van der Waals surface area contributed by atoms with Gasteiger partial charge in [0.2, 0.25) is 5.91 Å². The van der Waals surface area contributed by atoms with Gasteiger partial charge in [-0.2, -0.15) is 15.1 Å². The molecule has 0 aromatic heterocycles. The molecule has 23 heavy (non-hydrogen) atoms. The van der Waals surface area contributed by atoms with Gasteiger partial charge in [-0.05, 0) is 18.6 Å². The van der Waals surface area contributed by atoms with E-state index >= 15 is 0 Å². The summed E-state index contributed by atoms with van der Waals surface area (Å²) in [4.78, 5) is 16.0. The zero-order chi connectivity index (χ0) is 17.2. The highest BCUT2D eigenvalue weighted by Gasteiger charge is 2.19. The molecule has 1 aromatic carbocycles. The summed E-state index contributed by atoms with van der Waals surface area (Å²) in [5.74, 6) is -0.158. The molecule has 0 N–H and O–H groups in total. The van der Waals surface area contributed by atoms with Crippen molar-refractivity contribution in [3.8, 4) is 0 Å². The van der Waals surface area contributed by atoms with Gasteiger partial charge in [-0.25, -0.2) is 0 Å². The summed E-state index contributed by atoms with van der Waals surface area (Å²) in [5.41, 5.74) is 2.38. The summed E-state index contributed by atoms with van der Waals surface area (Å²) in [6.07, 6.45) is 1.74. The summed E-state index contributed by atoms with van der Waals surface area (Å²) < 4.78 is 10.5. The number of carbonyl (C=O) groups excluding carboxylic acids is 1. The lowest BCUT2D eigenvalue weighted by atomic mass is 10.1. The van der Waals surface area contributed by atoms with Gasteiger partial charge in [0.15, 0.2) is 0 Å². The van der Waals surface area contributed by atoms with Crippen molar-refractivity contribution in [3.63, 3.8) is 0 Å². The van der Waals surface area contributed by atoms with Gasteiger partial charge >= 0.3 is 6.08 Å². The van der Waals surface area contributed by atoms with Crippen molar-refractivity contribution in [3.05, 3.63) is 42.1 Å². The average Bonchev–Trinajstić information content (AvgIpc) is 2.56. The second kappa shape index (κ2) is 9.34. The molecule has 0 heterocycles. The molecule has 1 rings (SSSR count). The van der Waals surface area contributed by atoms with Gasteiger partial charge in [-0.1, -0.05) is 30.9 Å². The molecule has 7 heteroatoms. The first-order valence-corrected chi connectivity index (χ1v) is 7.15. The van der Waals surface area contributed by atoms with Crippen LogP contribution in [0.2, 0.25) is 0 Å². The Kier molecular flexibility index (Phi) is 7.45. The maximum atomic E-state index is 12.1. The first-order chi connectivity index (χ1) is 11.1. The molecule has 0 spiro atoms. The summed E-state index contributed by atoms with van der Waals surface area (Å²) >= 11 is 0. The van der Waals surface area contributed by atoms with E-state index < -0.39 is 0 Å². The lowest BCUT2D eigenvalue weighted by Gasteiger charge is -2.20. The molecule has 0 saturated carbocycles. The molecular weight excluding hydrogens is 296 g/mol. The molecule has 1 amide bonds. The van der Waals surface area contributed by atoms with E-state index in [0.29, 0.717) is 12.1 Å². The van der Waals surface area contributed by atoms with Gasteiger partial charge in [0.05, 0.1) is 19.8 Å². The van der Waals surface area contributed by atoms with Crippen molar-refractivity contribution < 1.29 is 14.3 Å². The molecule has 124 valence electrons. The molecule has 0 unspecified atom stereocenters. The van der Waals surface area contributed by atoms with Crippen LogP contribution in [-0.4, -0.2) is 26.1 Å². The van der Waals surface area contributed by atoms with Crippen LogP contribution < -0.4 is 5.01 Å². The summed E-state index contributed by atoms with van der Waals surface area (Å²) in [7, 11) is 2.97. The van der Waals surface area contributed by atoms with Crippen LogP contribution in [-0.2, 0) is 20.9 Å². The highest BCUT2D eigenvalue weighted by Crippen LogP contribution is 2.26. The molecule has 7 nitrogen and oxygen atoms in total. The fourth-order valence-electron chi connectivity index (χ4n) is 1.90. The summed E-state index contributed by atoms with van der Waals surface area (Å²) in [6.45, 7) is 7.37. The number of hydrogen-bond donors (Lipinski definition) is 0. The molecule has 0 saturated heterocycles. The Morgan fingerprint density at radius 3 is 2.74 bits per heavy atom. The van der Waals surface area contributed by atoms with Crippen LogP contribution in [0.3, 0.4) is 0 Å². The van der Waals surface area contributed by atoms with Gasteiger partial charge < -0.3 is 9.47 Å². The molecule has 0 atom stereocenters. The summed E-state index contributed by atoms with van der Waals surface area (Å²) in [5, 5.41) is 8.93. The number of carbonyl (C=O) groups is 1. The largest absolute Gasteiger partial charge is 0.454 e. The molecule has 0 radical (unpaired) electrons. The number of rotatable bonds is 6. The van der Waals surface area contributed by atoms with Crippen LogP contribution in [0.1, 0.15) is 24.5 Å². The van der Waals surface area contributed by atoms with Gasteiger partial charge in [0.25, 0.3) is 0 Å². The van der Waals surface area contributed by atoms with Gasteiger partial charge in [-0.3, -0.25) is 4.79 Å². The Hall–Kier alpha value is -2.70. The molecule has 0 aliphatic rings. The second-order valence-electron chi connectivity index (χ2n) is 4.49. The Morgan fingerprint density at radius 2 is 2.17 bits per heavy atom. The number of ether oxygens (including phenoxy) is 2. The van der Waals surface area contributed by atoms with Crippen LogP contribution >= 0.6 is 0 Å². The zero-order valence-electron chi connectivity index (χ0n) is 13.9. The van der Waals surface area contributed by atoms with Crippen LogP contribution in [0.15, 0.2) is 46.3 Å². The van der Waals surface area contributed by atoms with Crippen molar-refractivity contribution in [1.29, 1.82) is 0 Å². The first kappa shape index (κ1) is 18.3. The minimum absolute atomic E-state index is 0.0969. The maximum Gasteiger partial charge on any atom is 0.388 e. The Morgan fingerprint density at radius 1 is 1.43 bits per heavy atom. The smallest absolute Gasteiger partial charge is 0.388 e. The van der Waals surface area contributed by atoms with E-state index in [1.54, 1.807) is 13.0 Å². The van der Waals surface area contributed by atoms with E-state index in [1.165, 1.54) is 25.4 Å². The van der Waals surface area contributed by atoms with E-state index in [4.69, 9.17) is 9.47 Å². The molecular formula is C16H22N4O3. The zero-order valence-corrected chi connectivity index (χ0v) is 13.9. The van der Waals surface area contributed by atoms with Crippen LogP contribution in [0.25, 0.3) is 0 Å². The number of anilines is 1. The number of benzene rings is 1. The minimum atomic E-state index is -0.158. The predicted octanol–water partition coefficient (Wildman–Crippen LogP) is 3.40. The highest BCUT2D eigenvalue weighted by atomic mass is 16.7. The number of methoxy groups -OCH3 is 1. The normalized spacial score (nSPS) is 11.4. The quantitative estimate of drug-likeness (QED) is 0.349. The Bertz CT molecular complexity index is 611. The topological polar surface area (TPSA) is 75.8 Å². The SMILES string of the molecule is C=C/N=C(\OC)OCc1c(C)cccc1N(/N=N\C)C(=O)CC. The van der Waals surface area contributed by atoms with E-state index in [1.807, 2.05) is 19.1 Å². The fraction of sp³-hybridized carbons (Fsp3) is 0.375. The lowest BCUT2D eigenvalue weighted by Crippen LogP contribution is -2.25. The van der Waals surface area contributed by atoms with E-state index in [0.717, 1.165) is 11.1 Å². The molecule has 0 aliphatic heterocycles. The molecule has 0 fully saturated rings. The number of nitrogens with zero attached hydrogens (tertiary/aromatic N) is 4. The fourth-order valence-corrected chi connectivity index (χ4v) is 1.90. The third-order valence-corrected chi connectivity index (χ3v) is 3.04. The Balaban J connectivity index is 3.19. The van der Waals surface area contributed by atoms with Crippen molar-refractivity contribution in [2.75, 3.05) is 19.2 Å². The van der Waals surface area contributed by atoms with Crippen molar-refractivity contribution in [1.82, 2.24) is 0 Å². The van der Waals surface area contributed by atoms with Crippen LogP contribution in [0.5, 0.6) is 0 Å². The average molecular weight is 318 g/mol. The molecule has 0 aliphatic carbocycles. The summed E-state index contributed by atoms with van der Waals surface area (Å²) in [6, 6.07) is 5.58. The lowest BCUT2D eigenvalue weighted by molar-refractivity contribution is -0.118. The maximum absolute atomic E-state index is 12.1. The highest BCUT2D eigenvalue weighted by molar-refractivity contribution is 5.93. The molecule has 0 bridgehead atoms. The van der Waals surface area contributed by atoms with Gasteiger partial charge in [0.1, 0.15) is 6.61 Å². The number of amides is 1. The predicted molar refractivity (Wildman–Crippen MR) is 89.2 cm³/mol.